The standard InChI is InChI=1S/C13H23N/c1-5-8-12(9-6-2)13(10-7-3)11-14-4/h7,10-12H,4-6,8-9H2,1-3H3/b10-7-,13-11+. The third-order valence-electron chi connectivity index (χ3n) is 2.35. The first-order valence-electron chi connectivity index (χ1n) is 5.58. The maximum absolute atomic E-state index is 3.88. The summed E-state index contributed by atoms with van der Waals surface area (Å²) in [7, 11) is 0. The maximum Gasteiger partial charge on any atom is 0.0295 e. The molecule has 14 heavy (non-hydrogen) atoms. The summed E-state index contributed by atoms with van der Waals surface area (Å²) in [5.41, 5.74) is 1.33. The van der Waals surface area contributed by atoms with E-state index in [1.165, 1.54) is 31.3 Å². The second-order valence-electron chi connectivity index (χ2n) is 3.59. The van der Waals surface area contributed by atoms with Crippen molar-refractivity contribution in [2.24, 2.45) is 10.9 Å². The van der Waals surface area contributed by atoms with E-state index in [0.717, 1.165) is 0 Å². The van der Waals surface area contributed by atoms with Crippen LogP contribution in [0.5, 0.6) is 0 Å². The van der Waals surface area contributed by atoms with Gasteiger partial charge in [0.1, 0.15) is 0 Å². The summed E-state index contributed by atoms with van der Waals surface area (Å²) in [4.78, 5) is 3.88. The molecule has 0 aromatic heterocycles. The normalized spacial score (nSPS) is 12.7. The van der Waals surface area contributed by atoms with E-state index in [2.05, 4.69) is 37.7 Å². The Labute approximate surface area is 88.6 Å². The molecule has 0 fully saturated rings. The van der Waals surface area contributed by atoms with Crippen molar-refractivity contribution in [3.05, 3.63) is 23.9 Å². The summed E-state index contributed by atoms with van der Waals surface area (Å²) in [5, 5.41) is 0. The minimum absolute atomic E-state index is 0.659. The fraction of sp³-hybridized carbons (Fsp3) is 0.615. The molecule has 0 aromatic rings. The summed E-state index contributed by atoms with van der Waals surface area (Å²) >= 11 is 0. The van der Waals surface area contributed by atoms with Gasteiger partial charge in [0, 0.05) is 6.20 Å². The highest BCUT2D eigenvalue weighted by molar-refractivity contribution is 5.29. The molecule has 0 radical (unpaired) electrons. The average Bonchev–Trinajstić information content (AvgIpc) is 2.17. The van der Waals surface area contributed by atoms with Crippen LogP contribution in [0, 0.1) is 5.92 Å². The first-order valence-corrected chi connectivity index (χ1v) is 5.58. The van der Waals surface area contributed by atoms with Crippen molar-refractivity contribution in [2.75, 3.05) is 0 Å². The number of hydrogen-bond donors (Lipinski definition) is 0. The van der Waals surface area contributed by atoms with E-state index in [9.17, 15) is 0 Å². The average molecular weight is 193 g/mol. The first-order chi connectivity index (χ1) is 6.79. The van der Waals surface area contributed by atoms with Crippen LogP contribution in [0.1, 0.15) is 46.5 Å². The molecule has 0 spiro atoms. The Morgan fingerprint density at radius 3 is 2.21 bits per heavy atom. The van der Waals surface area contributed by atoms with Gasteiger partial charge in [0.2, 0.25) is 0 Å². The Hall–Kier alpha value is -0.850. The molecule has 0 atom stereocenters. The zero-order chi connectivity index (χ0) is 10.8. The van der Waals surface area contributed by atoms with E-state index in [4.69, 9.17) is 0 Å². The minimum Gasteiger partial charge on any atom is -0.272 e. The number of aliphatic imine (C=N–C) groups is 1. The highest BCUT2D eigenvalue weighted by Gasteiger charge is 2.09. The monoisotopic (exact) mass is 193 g/mol. The van der Waals surface area contributed by atoms with Crippen molar-refractivity contribution in [2.45, 2.75) is 46.5 Å². The second kappa shape index (κ2) is 8.74. The Kier molecular flexibility index (Phi) is 8.20. The van der Waals surface area contributed by atoms with E-state index in [1.807, 2.05) is 13.1 Å². The van der Waals surface area contributed by atoms with Crippen LogP contribution in [0.3, 0.4) is 0 Å². The predicted molar refractivity (Wildman–Crippen MR) is 65.8 cm³/mol. The molecule has 0 rings (SSSR count). The molecule has 80 valence electrons. The summed E-state index contributed by atoms with van der Waals surface area (Å²) in [6, 6.07) is 0. The van der Waals surface area contributed by atoms with Crippen LogP contribution >= 0.6 is 0 Å². The van der Waals surface area contributed by atoms with Crippen molar-refractivity contribution in [1.29, 1.82) is 0 Å². The van der Waals surface area contributed by atoms with Gasteiger partial charge in [0.15, 0.2) is 0 Å². The summed E-state index contributed by atoms with van der Waals surface area (Å²) in [6.07, 6.45) is 11.1. The highest BCUT2D eigenvalue weighted by atomic mass is 14.6. The number of hydrogen-bond acceptors (Lipinski definition) is 1. The van der Waals surface area contributed by atoms with Gasteiger partial charge >= 0.3 is 0 Å². The summed E-state index contributed by atoms with van der Waals surface area (Å²) in [5.74, 6) is 0.659. The van der Waals surface area contributed by atoms with E-state index < -0.39 is 0 Å². The fourth-order valence-electron chi connectivity index (χ4n) is 1.76. The smallest absolute Gasteiger partial charge is 0.0295 e. The molecular weight excluding hydrogens is 170 g/mol. The summed E-state index contributed by atoms with van der Waals surface area (Å²) < 4.78 is 0. The first kappa shape index (κ1) is 13.2. The largest absolute Gasteiger partial charge is 0.272 e. The van der Waals surface area contributed by atoms with Crippen molar-refractivity contribution in [3.8, 4) is 0 Å². The molecule has 0 aromatic carbocycles. The van der Waals surface area contributed by atoms with Gasteiger partial charge in [-0.2, -0.15) is 0 Å². The molecule has 0 heterocycles. The zero-order valence-corrected chi connectivity index (χ0v) is 9.79. The molecule has 1 heteroatoms. The third-order valence-corrected chi connectivity index (χ3v) is 2.35. The van der Waals surface area contributed by atoms with Crippen molar-refractivity contribution in [3.63, 3.8) is 0 Å². The Balaban J connectivity index is 4.53. The quantitative estimate of drug-likeness (QED) is 0.421. The Bertz CT molecular complexity index is 195. The van der Waals surface area contributed by atoms with Gasteiger partial charge in [-0.15, -0.1) is 0 Å². The molecule has 0 aliphatic rings. The fourth-order valence-corrected chi connectivity index (χ4v) is 1.76. The van der Waals surface area contributed by atoms with Crippen LogP contribution in [0.25, 0.3) is 0 Å². The molecule has 0 N–H and O–H groups in total. The molecular formula is C13H23N. The Morgan fingerprint density at radius 1 is 1.29 bits per heavy atom. The van der Waals surface area contributed by atoms with E-state index in [-0.39, 0.29) is 0 Å². The van der Waals surface area contributed by atoms with Gasteiger partial charge in [-0.25, -0.2) is 0 Å². The van der Waals surface area contributed by atoms with Crippen LogP contribution in [0.2, 0.25) is 0 Å². The molecule has 0 unspecified atom stereocenters. The number of rotatable bonds is 7. The van der Waals surface area contributed by atoms with Crippen molar-refractivity contribution in [1.82, 2.24) is 0 Å². The molecule has 0 saturated heterocycles. The number of allylic oxidation sites excluding steroid dienone is 3. The van der Waals surface area contributed by atoms with Crippen LogP contribution < -0.4 is 0 Å². The van der Waals surface area contributed by atoms with Crippen molar-refractivity contribution >= 4 is 6.72 Å². The minimum atomic E-state index is 0.659. The van der Waals surface area contributed by atoms with Crippen LogP contribution in [-0.2, 0) is 0 Å². The second-order valence-corrected chi connectivity index (χ2v) is 3.59. The van der Waals surface area contributed by atoms with Gasteiger partial charge in [-0.3, -0.25) is 4.99 Å². The lowest BCUT2D eigenvalue weighted by Crippen LogP contribution is -2.02. The van der Waals surface area contributed by atoms with Gasteiger partial charge in [-0.05, 0) is 38.0 Å². The Morgan fingerprint density at radius 2 is 1.86 bits per heavy atom. The molecule has 1 nitrogen and oxygen atoms in total. The topological polar surface area (TPSA) is 12.4 Å². The van der Waals surface area contributed by atoms with E-state index in [1.54, 1.807) is 0 Å². The van der Waals surface area contributed by atoms with E-state index >= 15 is 0 Å². The summed E-state index contributed by atoms with van der Waals surface area (Å²) in [6.45, 7) is 10.0. The number of nitrogens with zero attached hydrogens (tertiary/aromatic N) is 1. The van der Waals surface area contributed by atoms with Crippen LogP contribution in [0.4, 0.5) is 0 Å². The van der Waals surface area contributed by atoms with E-state index in [0.29, 0.717) is 5.92 Å². The maximum atomic E-state index is 3.88. The SMILES string of the molecule is C=N/C=C(\C=C/C)C(CCC)CCC. The van der Waals surface area contributed by atoms with Gasteiger partial charge in [0.25, 0.3) is 0 Å². The van der Waals surface area contributed by atoms with Gasteiger partial charge in [0.05, 0.1) is 0 Å². The van der Waals surface area contributed by atoms with Crippen LogP contribution in [-0.4, -0.2) is 6.72 Å². The zero-order valence-electron chi connectivity index (χ0n) is 9.79. The molecule has 0 amide bonds. The van der Waals surface area contributed by atoms with Gasteiger partial charge < -0.3 is 0 Å². The third kappa shape index (κ3) is 5.00. The molecule has 0 bridgehead atoms. The van der Waals surface area contributed by atoms with Crippen LogP contribution in [0.15, 0.2) is 28.9 Å². The van der Waals surface area contributed by atoms with Gasteiger partial charge in [-0.1, -0.05) is 38.8 Å². The van der Waals surface area contributed by atoms with Crippen molar-refractivity contribution < 1.29 is 0 Å². The predicted octanol–water partition coefficient (Wildman–Crippen LogP) is 4.36. The highest BCUT2D eigenvalue weighted by Crippen LogP contribution is 2.23. The lowest BCUT2D eigenvalue weighted by Gasteiger charge is -2.15. The molecule has 0 saturated carbocycles. The lowest BCUT2D eigenvalue weighted by atomic mass is 9.90. The molecule has 0 aliphatic carbocycles. The lowest BCUT2D eigenvalue weighted by molar-refractivity contribution is 0.511. The molecule has 0 aliphatic heterocycles.